The van der Waals surface area contributed by atoms with Crippen LogP contribution in [0, 0.1) is 0 Å². The second-order valence-corrected chi connectivity index (χ2v) is 8.99. The zero-order chi connectivity index (χ0) is 22.8. The molecule has 1 N–H and O–H groups in total. The Morgan fingerprint density at radius 3 is 2.78 bits per heavy atom. The van der Waals surface area contributed by atoms with E-state index < -0.39 is 0 Å². The number of nitrogens with zero attached hydrogens (tertiary/aromatic N) is 3. The highest BCUT2D eigenvalue weighted by molar-refractivity contribution is 8.18. The molecule has 162 valence electrons. The number of aromatic nitrogens is 1. The Balaban J connectivity index is 1.62. The van der Waals surface area contributed by atoms with Crippen molar-refractivity contribution in [1.82, 2.24) is 10.3 Å². The number of nitrogens with one attached hydrogen (secondary N) is 1. The molecule has 0 bridgehead atoms. The maximum atomic E-state index is 12.5. The van der Waals surface area contributed by atoms with Crippen molar-refractivity contribution in [2.75, 3.05) is 4.90 Å². The maximum absolute atomic E-state index is 12.5. The molecule has 2 amide bonds. The number of halogens is 1. The Labute approximate surface area is 195 Å². The van der Waals surface area contributed by atoms with E-state index in [0.717, 1.165) is 16.5 Å². The lowest BCUT2D eigenvalue weighted by Crippen LogP contribution is -2.35. The Morgan fingerprint density at radius 1 is 1.22 bits per heavy atom. The molecule has 0 unspecified atom stereocenters. The van der Waals surface area contributed by atoms with E-state index in [1.54, 1.807) is 29.3 Å². The summed E-state index contributed by atoms with van der Waals surface area (Å²) in [5.74, 6) is -0.292. The van der Waals surface area contributed by atoms with Crippen LogP contribution >= 0.6 is 23.4 Å². The van der Waals surface area contributed by atoms with Gasteiger partial charge in [-0.05, 0) is 73.6 Å². The number of rotatable bonds is 4. The minimum absolute atomic E-state index is 0.0126. The van der Waals surface area contributed by atoms with Crippen molar-refractivity contribution >= 4 is 68.7 Å². The first-order valence-electron chi connectivity index (χ1n) is 10.1. The van der Waals surface area contributed by atoms with Crippen LogP contribution in [0.5, 0.6) is 0 Å². The SMILES string of the molecule is CC(=O)N(c1ccc(Cl)c(N=C2NC(=O)/C(=C\c3ccc4ncccc4c3)S2)c1)C(C)C. The smallest absolute Gasteiger partial charge is 0.264 e. The number of amidine groups is 1. The summed E-state index contributed by atoms with van der Waals surface area (Å²) < 4.78 is 0. The Bertz CT molecular complexity index is 1290. The fourth-order valence-electron chi connectivity index (χ4n) is 3.51. The number of benzene rings is 2. The van der Waals surface area contributed by atoms with Crippen LogP contribution < -0.4 is 10.2 Å². The molecule has 3 aromatic rings. The molecule has 1 saturated heterocycles. The Kier molecular flexibility index (Phi) is 6.30. The van der Waals surface area contributed by atoms with Crippen LogP contribution in [-0.4, -0.2) is 28.0 Å². The highest BCUT2D eigenvalue weighted by Crippen LogP contribution is 2.34. The predicted molar refractivity (Wildman–Crippen MR) is 132 cm³/mol. The van der Waals surface area contributed by atoms with Crippen LogP contribution in [0.1, 0.15) is 26.3 Å². The molecule has 0 atom stereocenters. The number of hydrogen-bond acceptors (Lipinski definition) is 5. The van der Waals surface area contributed by atoms with Gasteiger partial charge in [0, 0.05) is 30.2 Å². The molecular weight excluding hydrogens is 444 g/mol. The zero-order valence-corrected chi connectivity index (χ0v) is 19.4. The van der Waals surface area contributed by atoms with Gasteiger partial charge in [-0.3, -0.25) is 14.6 Å². The molecule has 2 aromatic carbocycles. The van der Waals surface area contributed by atoms with Crippen molar-refractivity contribution in [3.05, 3.63) is 70.2 Å². The van der Waals surface area contributed by atoms with E-state index in [-0.39, 0.29) is 17.9 Å². The second kappa shape index (κ2) is 9.14. The van der Waals surface area contributed by atoms with Gasteiger partial charge in [0.25, 0.3) is 5.91 Å². The quantitative estimate of drug-likeness (QED) is 0.514. The first kappa shape index (κ1) is 22.0. The number of amides is 2. The standard InChI is InChI=1S/C24H21ClN4O2S/c1-14(2)29(15(3)30)18-7-8-19(25)21(13-18)27-24-28-23(31)22(32-24)12-16-6-9-20-17(11-16)5-4-10-26-20/h4-14H,1-3H3,(H,27,28,31)/b22-12+. The highest BCUT2D eigenvalue weighted by Gasteiger charge is 2.24. The minimum atomic E-state index is -0.222. The lowest BCUT2D eigenvalue weighted by Gasteiger charge is -2.25. The van der Waals surface area contributed by atoms with Crippen LogP contribution in [0.3, 0.4) is 0 Å². The summed E-state index contributed by atoms with van der Waals surface area (Å²) in [6, 6.07) is 14.9. The van der Waals surface area contributed by atoms with Crippen molar-refractivity contribution in [3.8, 4) is 0 Å². The minimum Gasteiger partial charge on any atom is -0.310 e. The summed E-state index contributed by atoms with van der Waals surface area (Å²) in [4.78, 5) is 35.6. The van der Waals surface area contributed by atoms with Gasteiger partial charge in [0.05, 0.1) is 21.1 Å². The van der Waals surface area contributed by atoms with Crippen LogP contribution in [0.4, 0.5) is 11.4 Å². The molecule has 8 heteroatoms. The maximum Gasteiger partial charge on any atom is 0.264 e. The van der Waals surface area contributed by atoms with Gasteiger partial charge in [-0.25, -0.2) is 4.99 Å². The highest BCUT2D eigenvalue weighted by atomic mass is 35.5. The average Bonchev–Trinajstić information content (AvgIpc) is 3.08. The van der Waals surface area contributed by atoms with Gasteiger partial charge < -0.3 is 10.2 Å². The van der Waals surface area contributed by atoms with E-state index in [2.05, 4.69) is 15.3 Å². The van der Waals surface area contributed by atoms with Crippen LogP contribution in [0.25, 0.3) is 17.0 Å². The predicted octanol–water partition coefficient (Wildman–Crippen LogP) is 5.54. The fourth-order valence-corrected chi connectivity index (χ4v) is 4.50. The summed E-state index contributed by atoms with van der Waals surface area (Å²) in [7, 11) is 0. The number of fused-ring (bicyclic) bond motifs is 1. The van der Waals surface area contributed by atoms with Crippen molar-refractivity contribution < 1.29 is 9.59 Å². The summed E-state index contributed by atoms with van der Waals surface area (Å²) >= 11 is 7.59. The van der Waals surface area contributed by atoms with Crippen molar-refractivity contribution in [1.29, 1.82) is 0 Å². The lowest BCUT2D eigenvalue weighted by molar-refractivity contribution is -0.117. The third-order valence-corrected chi connectivity index (χ3v) is 6.09. The summed E-state index contributed by atoms with van der Waals surface area (Å²) in [6.45, 7) is 5.40. The summed E-state index contributed by atoms with van der Waals surface area (Å²) in [5.41, 5.74) is 2.98. The van der Waals surface area contributed by atoms with E-state index in [0.29, 0.717) is 26.5 Å². The number of hydrogen-bond donors (Lipinski definition) is 1. The molecule has 1 aliphatic heterocycles. The van der Waals surface area contributed by atoms with Crippen molar-refractivity contribution in [3.63, 3.8) is 0 Å². The number of anilines is 1. The number of thioether (sulfide) groups is 1. The largest absolute Gasteiger partial charge is 0.310 e. The molecule has 1 fully saturated rings. The molecule has 0 saturated carbocycles. The summed E-state index contributed by atoms with van der Waals surface area (Å²) in [5, 5.41) is 4.65. The molecule has 1 aromatic heterocycles. The molecule has 4 rings (SSSR count). The zero-order valence-electron chi connectivity index (χ0n) is 17.8. The van der Waals surface area contributed by atoms with E-state index in [1.807, 2.05) is 50.3 Å². The molecule has 2 heterocycles. The van der Waals surface area contributed by atoms with E-state index in [4.69, 9.17) is 11.6 Å². The first-order valence-corrected chi connectivity index (χ1v) is 11.2. The molecule has 0 aliphatic carbocycles. The molecule has 0 radical (unpaired) electrons. The monoisotopic (exact) mass is 464 g/mol. The third-order valence-electron chi connectivity index (χ3n) is 4.86. The number of carbonyl (C=O) groups excluding carboxylic acids is 2. The number of pyridine rings is 1. The molecular formula is C24H21ClN4O2S. The van der Waals surface area contributed by atoms with E-state index in [1.165, 1.54) is 18.7 Å². The van der Waals surface area contributed by atoms with Gasteiger partial charge in [0.15, 0.2) is 5.17 Å². The number of aliphatic imine (C=N–C) groups is 1. The topological polar surface area (TPSA) is 74.7 Å². The average molecular weight is 465 g/mol. The van der Waals surface area contributed by atoms with Gasteiger partial charge >= 0.3 is 0 Å². The molecule has 6 nitrogen and oxygen atoms in total. The first-order chi connectivity index (χ1) is 15.3. The molecule has 1 aliphatic rings. The van der Waals surface area contributed by atoms with Crippen molar-refractivity contribution in [2.24, 2.45) is 4.99 Å². The van der Waals surface area contributed by atoms with Gasteiger partial charge in [-0.2, -0.15) is 0 Å². The molecule has 0 spiro atoms. The number of carbonyl (C=O) groups is 2. The Morgan fingerprint density at radius 2 is 2.03 bits per heavy atom. The van der Waals surface area contributed by atoms with Gasteiger partial charge in [-0.1, -0.05) is 23.7 Å². The summed E-state index contributed by atoms with van der Waals surface area (Å²) in [6.07, 6.45) is 3.57. The van der Waals surface area contributed by atoms with Crippen LogP contribution in [0.15, 0.2) is 64.6 Å². The van der Waals surface area contributed by atoms with Crippen LogP contribution in [0.2, 0.25) is 5.02 Å². The Hall–Kier alpha value is -3.16. The third kappa shape index (κ3) is 4.69. The lowest BCUT2D eigenvalue weighted by atomic mass is 10.1. The van der Waals surface area contributed by atoms with Gasteiger partial charge in [-0.15, -0.1) is 0 Å². The molecule has 32 heavy (non-hydrogen) atoms. The fraction of sp³-hybridized carbons (Fsp3) is 0.167. The van der Waals surface area contributed by atoms with Gasteiger partial charge in [0.1, 0.15) is 0 Å². The normalized spacial score (nSPS) is 16.2. The van der Waals surface area contributed by atoms with Crippen LogP contribution in [-0.2, 0) is 9.59 Å². The second-order valence-electron chi connectivity index (χ2n) is 7.56. The van der Waals surface area contributed by atoms with Crippen molar-refractivity contribution in [2.45, 2.75) is 26.8 Å². The van der Waals surface area contributed by atoms with Gasteiger partial charge in [0.2, 0.25) is 5.91 Å². The van der Waals surface area contributed by atoms with E-state index in [9.17, 15) is 9.59 Å². The van der Waals surface area contributed by atoms with E-state index >= 15 is 0 Å².